The third-order valence-electron chi connectivity index (χ3n) is 3.73. The lowest BCUT2D eigenvalue weighted by Crippen LogP contribution is -2.07. The summed E-state index contributed by atoms with van der Waals surface area (Å²) in [6.45, 7) is 2.13. The lowest BCUT2D eigenvalue weighted by Gasteiger charge is -2.15. The van der Waals surface area contributed by atoms with Crippen LogP contribution in [0.15, 0.2) is 66.1 Å². The van der Waals surface area contributed by atoms with Gasteiger partial charge in [0.1, 0.15) is 6.33 Å². The minimum absolute atomic E-state index is 0.167. The van der Waals surface area contributed by atoms with Crippen LogP contribution in [-0.2, 0) is 5.75 Å². The van der Waals surface area contributed by atoms with E-state index in [1.165, 1.54) is 5.56 Å². The highest BCUT2D eigenvalue weighted by Gasteiger charge is 2.14. The van der Waals surface area contributed by atoms with E-state index in [1.807, 2.05) is 42.5 Å². The first-order chi connectivity index (χ1) is 11.3. The zero-order chi connectivity index (χ0) is 16.1. The number of hydrogen-bond donors (Lipinski definition) is 0. The molecule has 0 spiro atoms. The van der Waals surface area contributed by atoms with Gasteiger partial charge in [-0.05, 0) is 24.1 Å². The van der Waals surface area contributed by atoms with Crippen molar-refractivity contribution in [3.63, 3.8) is 0 Å². The molecule has 1 heterocycles. The first-order valence-corrected chi connectivity index (χ1v) is 8.33. The summed E-state index contributed by atoms with van der Waals surface area (Å²) in [7, 11) is 0. The molecule has 0 saturated heterocycles. The minimum Gasteiger partial charge on any atom is -0.301 e. The van der Waals surface area contributed by atoms with Crippen LogP contribution in [0.4, 0.5) is 0 Å². The van der Waals surface area contributed by atoms with Crippen LogP contribution in [-0.4, -0.2) is 14.8 Å². The highest BCUT2D eigenvalue weighted by atomic mass is 32.2. The molecule has 114 valence electrons. The van der Waals surface area contributed by atoms with Gasteiger partial charge in [0.2, 0.25) is 0 Å². The fourth-order valence-corrected chi connectivity index (χ4v) is 3.39. The van der Waals surface area contributed by atoms with Gasteiger partial charge in [0.05, 0.1) is 17.7 Å². The molecule has 0 fully saturated rings. The smallest absolute Gasteiger partial charge is 0.191 e. The van der Waals surface area contributed by atoms with Crippen molar-refractivity contribution in [3.05, 3.63) is 77.6 Å². The second-order valence-electron chi connectivity index (χ2n) is 5.17. The van der Waals surface area contributed by atoms with E-state index in [2.05, 4.69) is 39.9 Å². The number of nitrogens with zero attached hydrogens (tertiary/aromatic N) is 4. The molecule has 0 aliphatic heterocycles. The summed E-state index contributed by atoms with van der Waals surface area (Å²) in [6.07, 6.45) is 1.76. The molecule has 3 rings (SSSR count). The van der Waals surface area contributed by atoms with Crippen LogP contribution >= 0.6 is 11.8 Å². The van der Waals surface area contributed by atoms with Gasteiger partial charge in [-0.1, -0.05) is 60.3 Å². The molecule has 0 saturated carbocycles. The van der Waals surface area contributed by atoms with E-state index < -0.39 is 0 Å². The molecule has 0 unspecified atom stereocenters. The largest absolute Gasteiger partial charge is 0.301 e. The summed E-state index contributed by atoms with van der Waals surface area (Å²) in [5.74, 6) is 0.698. The van der Waals surface area contributed by atoms with Gasteiger partial charge in [-0.25, -0.2) is 0 Å². The average molecular weight is 320 g/mol. The van der Waals surface area contributed by atoms with Crippen molar-refractivity contribution in [1.29, 1.82) is 5.26 Å². The first kappa shape index (κ1) is 15.3. The zero-order valence-corrected chi connectivity index (χ0v) is 13.6. The van der Waals surface area contributed by atoms with Crippen LogP contribution in [0.25, 0.3) is 0 Å². The molecule has 0 bridgehead atoms. The van der Waals surface area contributed by atoms with E-state index in [1.54, 1.807) is 18.1 Å². The summed E-state index contributed by atoms with van der Waals surface area (Å²) in [5, 5.41) is 18.3. The van der Waals surface area contributed by atoms with Crippen molar-refractivity contribution in [2.45, 2.75) is 23.9 Å². The maximum atomic E-state index is 9.17. The number of thioether (sulfide) groups is 1. The Labute approximate surface area is 139 Å². The Kier molecular flexibility index (Phi) is 4.74. The second-order valence-corrected chi connectivity index (χ2v) is 6.11. The van der Waals surface area contributed by atoms with Crippen molar-refractivity contribution >= 4 is 11.8 Å². The number of nitriles is 1. The first-order valence-electron chi connectivity index (χ1n) is 7.35. The quantitative estimate of drug-likeness (QED) is 0.665. The Bertz CT molecular complexity index is 820. The highest BCUT2D eigenvalue weighted by molar-refractivity contribution is 7.98. The second kappa shape index (κ2) is 7.12. The van der Waals surface area contributed by atoms with Gasteiger partial charge in [-0.3, -0.25) is 0 Å². The molecule has 5 heteroatoms. The van der Waals surface area contributed by atoms with E-state index in [0.717, 1.165) is 10.7 Å². The molecular formula is C18H16N4S. The zero-order valence-electron chi connectivity index (χ0n) is 12.8. The molecule has 23 heavy (non-hydrogen) atoms. The predicted octanol–water partition coefficient (Wildman–Crippen LogP) is 4.05. The van der Waals surface area contributed by atoms with Gasteiger partial charge in [-0.2, -0.15) is 5.26 Å². The molecule has 4 nitrogen and oxygen atoms in total. The number of benzene rings is 2. The van der Waals surface area contributed by atoms with Crippen molar-refractivity contribution in [2.75, 3.05) is 0 Å². The van der Waals surface area contributed by atoms with Crippen LogP contribution in [0, 0.1) is 11.3 Å². The third kappa shape index (κ3) is 3.43. The van der Waals surface area contributed by atoms with E-state index >= 15 is 0 Å². The highest BCUT2D eigenvalue weighted by Crippen LogP contribution is 2.27. The fourth-order valence-electron chi connectivity index (χ4n) is 2.39. The Morgan fingerprint density at radius 1 is 1.13 bits per heavy atom. The minimum atomic E-state index is 0.167. The average Bonchev–Trinajstić information content (AvgIpc) is 3.08. The van der Waals surface area contributed by atoms with E-state index in [9.17, 15) is 5.26 Å². The fraction of sp³-hybridized carbons (Fsp3) is 0.167. The number of hydrogen-bond acceptors (Lipinski definition) is 4. The van der Waals surface area contributed by atoms with Crippen molar-refractivity contribution in [1.82, 2.24) is 14.8 Å². The van der Waals surface area contributed by atoms with Gasteiger partial charge in [0, 0.05) is 5.75 Å². The Hall–Kier alpha value is -2.58. The molecule has 2 aromatic carbocycles. The van der Waals surface area contributed by atoms with Crippen LogP contribution in [0.1, 0.15) is 29.7 Å². The van der Waals surface area contributed by atoms with Crippen molar-refractivity contribution < 1.29 is 0 Å². The van der Waals surface area contributed by atoms with E-state index in [-0.39, 0.29) is 6.04 Å². The number of aromatic nitrogens is 3. The topological polar surface area (TPSA) is 54.5 Å². The van der Waals surface area contributed by atoms with Crippen LogP contribution in [0.3, 0.4) is 0 Å². The molecule has 1 atom stereocenters. The van der Waals surface area contributed by atoms with E-state index in [0.29, 0.717) is 11.3 Å². The molecule has 0 aliphatic carbocycles. The number of rotatable bonds is 5. The molecule has 1 aromatic heterocycles. The van der Waals surface area contributed by atoms with Gasteiger partial charge in [0.25, 0.3) is 0 Å². The Morgan fingerprint density at radius 2 is 1.87 bits per heavy atom. The summed E-state index contributed by atoms with van der Waals surface area (Å²) >= 11 is 1.60. The summed E-state index contributed by atoms with van der Waals surface area (Å²) < 4.78 is 2.06. The lowest BCUT2D eigenvalue weighted by molar-refractivity contribution is 0.582. The molecule has 3 aromatic rings. The maximum absolute atomic E-state index is 9.17. The lowest BCUT2D eigenvalue weighted by atomic mass is 10.1. The van der Waals surface area contributed by atoms with Gasteiger partial charge in [-0.15, -0.1) is 10.2 Å². The van der Waals surface area contributed by atoms with Gasteiger partial charge >= 0.3 is 0 Å². The third-order valence-corrected chi connectivity index (χ3v) is 4.74. The molecule has 0 aliphatic rings. The van der Waals surface area contributed by atoms with Crippen LogP contribution in [0.5, 0.6) is 0 Å². The van der Waals surface area contributed by atoms with Crippen molar-refractivity contribution in [3.8, 4) is 6.07 Å². The molecule has 0 N–H and O–H groups in total. The summed E-state index contributed by atoms with van der Waals surface area (Å²) in [4.78, 5) is 0. The summed E-state index contributed by atoms with van der Waals surface area (Å²) in [5.41, 5.74) is 2.94. The monoisotopic (exact) mass is 320 g/mol. The molecule has 0 amide bonds. The van der Waals surface area contributed by atoms with Crippen LogP contribution < -0.4 is 0 Å². The SMILES string of the molecule is C[C@@H](c1ccccc1)n1cnnc1SCc1ccccc1C#N. The van der Waals surface area contributed by atoms with Gasteiger partial charge in [0.15, 0.2) is 5.16 Å². The van der Waals surface area contributed by atoms with Crippen molar-refractivity contribution in [2.24, 2.45) is 0 Å². The van der Waals surface area contributed by atoms with Gasteiger partial charge < -0.3 is 4.57 Å². The van der Waals surface area contributed by atoms with Crippen LogP contribution in [0.2, 0.25) is 0 Å². The summed E-state index contributed by atoms with van der Waals surface area (Å²) in [6, 6.07) is 20.3. The van der Waals surface area contributed by atoms with E-state index in [4.69, 9.17) is 0 Å². The predicted molar refractivity (Wildman–Crippen MR) is 91.0 cm³/mol. The Balaban J connectivity index is 1.78. The maximum Gasteiger partial charge on any atom is 0.191 e. The molecular weight excluding hydrogens is 304 g/mol. The molecule has 0 radical (unpaired) electrons. The normalized spacial score (nSPS) is 11.8. The Morgan fingerprint density at radius 3 is 2.65 bits per heavy atom. The standard InChI is InChI=1S/C18H16N4S/c1-14(15-7-3-2-4-8-15)22-13-20-21-18(22)23-12-17-10-6-5-9-16(17)11-19/h2-10,13-14H,12H2,1H3/t14-/m0/s1.